The molecule has 2 heterocycles. The molecular formula is C20H19N5O3S. The molecule has 5 rings (SSSR count). The number of anilines is 1. The van der Waals surface area contributed by atoms with Crippen molar-refractivity contribution in [1.29, 1.82) is 0 Å². The molecule has 8 nitrogen and oxygen atoms in total. The molecule has 3 aromatic rings. The average molecular weight is 409 g/mol. The van der Waals surface area contributed by atoms with Gasteiger partial charge >= 0.3 is 0 Å². The summed E-state index contributed by atoms with van der Waals surface area (Å²) in [5, 5.41) is 3.61. The molecule has 2 aliphatic rings. The van der Waals surface area contributed by atoms with E-state index in [0.717, 1.165) is 11.3 Å². The van der Waals surface area contributed by atoms with Crippen LogP contribution in [0.2, 0.25) is 0 Å². The summed E-state index contributed by atoms with van der Waals surface area (Å²) in [4.78, 5) is 16.2. The molecule has 2 aromatic heterocycles. The summed E-state index contributed by atoms with van der Waals surface area (Å²) in [6.45, 7) is 0. The van der Waals surface area contributed by atoms with Gasteiger partial charge in [0.2, 0.25) is 5.82 Å². The normalized spacial score (nSPS) is 16.6. The molecule has 2 saturated carbocycles. The number of aromatic nitrogens is 4. The van der Waals surface area contributed by atoms with Gasteiger partial charge in [0, 0.05) is 11.6 Å². The molecule has 0 amide bonds. The van der Waals surface area contributed by atoms with Gasteiger partial charge in [0.05, 0.1) is 11.2 Å². The van der Waals surface area contributed by atoms with Crippen LogP contribution in [0.1, 0.15) is 37.1 Å². The number of rotatable bonds is 5. The van der Waals surface area contributed by atoms with E-state index in [2.05, 4.69) is 37.1 Å². The Morgan fingerprint density at radius 3 is 2.38 bits per heavy atom. The van der Waals surface area contributed by atoms with Crippen LogP contribution in [0, 0.1) is 23.7 Å². The van der Waals surface area contributed by atoms with E-state index in [1.807, 2.05) is 0 Å². The van der Waals surface area contributed by atoms with Crippen molar-refractivity contribution in [3.8, 4) is 11.8 Å². The van der Waals surface area contributed by atoms with E-state index in [9.17, 15) is 8.42 Å². The van der Waals surface area contributed by atoms with Crippen molar-refractivity contribution in [3.05, 3.63) is 42.0 Å². The number of H-pyrrole nitrogens is 1. The number of nitrogens with one attached hydrogen (secondary N) is 2. The van der Waals surface area contributed by atoms with E-state index in [1.54, 1.807) is 6.33 Å². The molecule has 0 bridgehead atoms. The molecule has 2 aliphatic carbocycles. The smallest absolute Gasteiger partial charge is 0.294 e. The second kappa shape index (κ2) is 6.83. The lowest BCUT2D eigenvalue weighted by molar-refractivity contribution is 0.483. The van der Waals surface area contributed by atoms with Crippen LogP contribution in [0.3, 0.4) is 0 Å². The number of fused-ring (bicyclic) bond motifs is 1. The Morgan fingerprint density at radius 2 is 1.76 bits per heavy atom. The predicted molar refractivity (Wildman–Crippen MR) is 107 cm³/mol. The zero-order valence-corrected chi connectivity index (χ0v) is 16.3. The summed E-state index contributed by atoms with van der Waals surface area (Å²) < 4.78 is 31.3. The second-order valence-corrected chi connectivity index (χ2v) is 9.01. The highest BCUT2D eigenvalue weighted by molar-refractivity contribution is 7.85. The molecule has 0 unspecified atom stereocenters. The Labute approximate surface area is 167 Å². The summed E-state index contributed by atoms with van der Waals surface area (Å²) >= 11 is 0. The average Bonchev–Trinajstić information content (AvgIpc) is 3.62. The third-order valence-electron chi connectivity index (χ3n) is 5.32. The molecule has 0 aliphatic heterocycles. The Hall–Kier alpha value is -2.96. The molecule has 3 N–H and O–H groups in total. The minimum atomic E-state index is -4.22. The van der Waals surface area contributed by atoms with Crippen LogP contribution >= 0.6 is 0 Å². The highest BCUT2D eigenvalue weighted by Crippen LogP contribution is 2.46. The summed E-state index contributed by atoms with van der Waals surface area (Å²) in [5.41, 5.74) is 1.92. The maximum absolute atomic E-state index is 11.1. The first-order valence-corrected chi connectivity index (χ1v) is 11.0. The third-order valence-corrected chi connectivity index (χ3v) is 6.19. The van der Waals surface area contributed by atoms with Gasteiger partial charge in [-0.15, -0.1) is 0 Å². The number of hydrogen-bond donors (Lipinski definition) is 3. The van der Waals surface area contributed by atoms with E-state index in [4.69, 9.17) is 4.55 Å². The third kappa shape index (κ3) is 3.95. The van der Waals surface area contributed by atoms with Crippen LogP contribution < -0.4 is 5.32 Å². The monoisotopic (exact) mass is 409 g/mol. The van der Waals surface area contributed by atoms with Crippen LogP contribution in [-0.4, -0.2) is 38.9 Å². The molecule has 148 valence electrons. The summed E-state index contributed by atoms with van der Waals surface area (Å²) in [7, 11) is -4.22. The number of nitrogens with zero attached hydrogens (tertiary/aromatic N) is 3. The molecule has 0 saturated heterocycles. The van der Waals surface area contributed by atoms with Crippen LogP contribution in [-0.2, 0) is 10.1 Å². The molecule has 0 radical (unpaired) electrons. The standard InChI is InChI=1S/C20H19N5O3S/c26-29(27,28)15-8-1-12(2-9-15)3-10-16-23-19-18(21-11-22-19)20(24-16)25-17(13-4-5-13)14-6-7-14/h1-2,8-9,11,13-14,17H,4-7H2,(H,26,27,28)(H2,21,22,23,24,25). The van der Waals surface area contributed by atoms with Crippen LogP contribution in [0.15, 0.2) is 35.5 Å². The van der Waals surface area contributed by atoms with E-state index in [-0.39, 0.29) is 4.90 Å². The highest BCUT2D eigenvalue weighted by atomic mass is 32.2. The minimum Gasteiger partial charge on any atom is -0.365 e. The van der Waals surface area contributed by atoms with Crippen molar-refractivity contribution >= 4 is 27.1 Å². The lowest BCUT2D eigenvalue weighted by Crippen LogP contribution is -2.25. The molecule has 0 atom stereocenters. The Bertz CT molecular complexity index is 1220. The quantitative estimate of drug-likeness (QED) is 0.437. The first kappa shape index (κ1) is 18.1. The maximum Gasteiger partial charge on any atom is 0.294 e. The fraction of sp³-hybridized carbons (Fsp3) is 0.350. The van der Waals surface area contributed by atoms with E-state index >= 15 is 0 Å². The Morgan fingerprint density at radius 1 is 1.07 bits per heavy atom. The van der Waals surface area contributed by atoms with Crippen molar-refractivity contribution < 1.29 is 13.0 Å². The van der Waals surface area contributed by atoms with Crippen molar-refractivity contribution in [2.45, 2.75) is 36.6 Å². The fourth-order valence-corrected chi connectivity index (χ4v) is 4.00. The first-order chi connectivity index (χ1) is 14.0. The van der Waals surface area contributed by atoms with Gasteiger partial charge in [0.25, 0.3) is 10.1 Å². The van der Waals surface area contributed by atoms with E-state index < -0.39 is 10.1 Å². The molecule has 0 spiro atoms. The van der Waals surface area contributed by atoms with E-state index in [1.165, 1.54) is 49.9 Å². The number of hydrogen-bond acceptors (Lipinski definition) is 6. The fourth-order valence-electron chi connectivity index (χ4n) is 3.52. The van der Waals surface area contributed by atoms with Gasteiger partial charge in [-0.1, -0.05) is 5.92 Å². The summed E-state index contributed by atoms with van der Waals surface area (Å²) in [6, 6.07) is 6.10. The van der Waals surface area contributed by atoms with E-state index in [0.29, 0.717) is 34.9 Å². The van der Waals surface area contributed by atoms with Gasteiger partial charge in [-0.2, -0.15) is 13.4 Å². The van der Waals surface area contributed by atoms with Crippen molar-refractivity contribution in [2.75, 3.05) is 5.32 Å². The first-order valence-electron chi connectivity index (χ1n) is 9.54. The molecular weight excluding hydrogens is 390 g/mol. The maximum atomic E-state index is 11.1. The lowest BCUT2D eigenvalue weighted by Gasteiger charge is -2.18. The zero-order chi connectivity index (χ0) is 20.0. The van der Waals surface area contributed by atoms with Crippen LogP contribution in [0.25, 0.3) is 11.2 Å². The van der Waals surface area contributed by atoms with Gasteiger partial charge < -0.3 is 10.3 Å². The van der Waals surface area contributed by atoms with Gasteiger partial charge in [-0.05, 0) is 67.7 Å². The second-order valence-electron chi connectivity index (χ2n) is 7.59. The number of benzene rings is 1. The highest BCUT2D eigenvalue weighted by Gasteiger charge is 2.41. The SMILES string of the molecule is O=S(=O)(O)c1ccc(C#Cc2nc(NC(C3CC3)C3CC3)c3[nH]cnc3n2)cc1. The van der Waals surface area contributed by atoms with Gasteiger partial charge in [-0.3, -0.25) is 4.55 Å². The van der Waals surface area contributed by atoms with Crippen molar-refractivity contribution in [2.24, 2.45) is 11.8 Å². The molecule has 29 heavy (non-hydrogen) atoms. The topological polar surface area (TPSA) is 121 Å². The Balaban J connectivity index is 1.44. The minimum absolute atomic E-state index is 0.171. The van der Waals surface area contributed by atoms with Gasteiger partial charge in [0.15, 0.2) is 11.5 Å². The summed E-state index contributed by atoms with van der Waals surface area (Å²) in [6.07, 6.45) is 6.64. The lowest BCUT2D eigenvalue weighted by atomic mass is 10.1. The molecule has 2 fully saturated rings. The van der Waals surface area contributed by atoms with Gasteiger partial charge in [-0.25, -0.2) is 9.97 Å². The molecule has 9 heteroatoms. The zero-order valence-electron chi connectivity index (χ0n) is 15.5. The summed E-state index contributed by atoms with van der Waals surface area (Å²) in [5.74, 6) is 8.35. The number of aromatic amines is 1. The Kier molecular flexibility index (Phi) is 4.26. The largest absolute Gasteiger partial charge is 0.365 e. The van der Waals surface area contributed by atoms with Gasteiger partial charge in [0.1, 0.15) is 5.52 Å². The number of imidazole rings is 1. The van der Waals surface area contributed by atoms with Crippen molar-refractivity contribution in [3.63, 3.8) is 0 Å². The predicted octanol–water partition coefficient (Wildman–Crippen LogP) is 2.60. The van der Waals surface area contributed by atoms with Crippen LogP contribution in [0.5, 0.6) is 0 Å². The van der Waals surface area contributed by atoms with Crippen LogP contribution in [0.4, 0.5) is 5.82 Å². The van der Waals surface area contributed by atoms with Crippen molar-refractivity contribution in [1.82, 2.24) is 19.9 Å². The molecule has 1 aromatic carbocycles.